The van der Waals surface area contributed by atoms with Gasteiger partial charge in [0.05, 0.1) is 29.5 Å². The minimum Gasteiger partial charge on any atom is -0.371 e. The molecule has 1 N–H and O–H groups in total. The molecule has 4 heterocycles. The topological polar surface area (TPSA) is 64.6 Å². The summed E-state index contributed by atoms with van der Waals surface area (Å²) in [5, 5.41) is 2.81. The van der Waals surface area contributed by atoms with Crippen LogP contribution in [-0.2, 0) is 0 Å². The summed E-state index contributed by atoms with van der Waals surface area (Å²) in [5.41, 5.74) is 2.38. The average molecular weight is 446 g/mol. The quantitative estimate of drug-likeness (QED) is 0.746. The van der Waals surface area contributed by atoms with Crippen molar-refractivity contribution in [1.82, 2.24) is 9.97 Å². The molecule has 0 unspecified atom stereocenters. The van der Waals surface area contributed by atoms with E-state index in [-0.39, 0.29) is 25.0 Å². The number of alkyl halides is 3. The molecule has 0 spiro atoms. The zero-order valence-electron chi connectivity index (χ0n) is 17.6. The van der Waals surface area contributed by atoms with E-state index in [0.29, 0.717) is 18.8 Å². The molecular weight excluding hydrogens is 421 g/mol. The highest BCUT2D eigenvalue weighted by Gasteiger charge is 2.42. The lowest BCUT2D eigenvalue weighted by atomic mass is 9.95. The first-order chi connectivity index (χ1) is 15.4. The lowest BCUT2D eigenvalue weighted by Crippen LogP contribution is -2.56. The van der Waals surface area contributed by atoms with Crippen LogP contribution in [0.4, 0.5) is 40.8 Å². The second-order valence-electron chi connectivity index (χ2n) is 8.63. The summed E-state index contributed by atoms with van der Waals surface area (Å²) in [4.78, 5) is 27.2. The van der Waals surface area contributed by atoms with Crippen molar-refractivity contribution in [3.63, 3.8) is 0 Å². The predicted octanol–water partition coefficient (Wildman–Crippen LogP) is 4.28. The molecule has 2 atom stereocenters. The standard InChI is InChI=1S/C22H25F3N6O/c23-22(24,25)15-3-1-9-29(13-15)16-5-6-18-19(11-16)31(17-4-2-10-30(18)14-17)21(32)28-20-12-26-7-8-27-20/h5-8,11-12,15,17H,1-4,9-10,13-14H2,(H,27,28,32)/t15-,17-/m0/s1. The molecule has 2 fully saturated rings. The summed E-state index contributed by atoms with van der Waals surface area (Å²) in [7, 11) is 0. The summed E-state index contributed by atoms with van der Waals surface area (Å²) < 4.78 is 40.0. The molecule has 7 nitrogen and oxygen atoms in total. The molecule has 10 heteroatoms. The van der Waals surface area contributed by atoms with Crippen molar-refractivity contribution in [3.8, 4) is 0 Å². The van der Waals surface area contributed by atoms with Crippen molar-refractivity contribution in [3.05, 3.63) is 36.8 Å². The number of anilines is 4. The third-order valence-electron chi connectivity index (χ3n) is 6.59. The van der Waals surface area contributed by atoms with Gasteiger partial charge in [0.25, 0.3) is 0 Å². The lowest BCUT2D eigenvalue weighted by Gasteiger charge is -2.47. The van der Waals surface area contributed by atoms with Crippen molar-refractivity contribution >= 4 is 28.9 Å². The summed E-state index contributed by atoms with van der Waals surface area (Å²) >= 11 is 0. The fourth-order valence-corrected chi connectivity index (χ4v) is 5.04. The van der Waals surface area contributed by atoms with Crippen LogP contribution in [0.5, 0.6) is 0 Å². The number of hydrogen-bond donors (Lipinski definition) is 1. The summed E-state index contributed by atoms with van der Waals surface area (Å²) in [5.74, 6) is -0.969. The molecule has 1 aromatic carbocycles. The van der Waals surface area contributed by atoms with E-state index in [2.05, 4.69) is 20.2 Å². The monoisotopic (exact) mass is 446 g/mol. The van der Waals surface area contributed by atoms with Crippen LogP contribution < -0.4 is 20.0 Å². The number of piperidine rings is 2. The average Bonchev–Trinajstić information content (AvgIpc) is 2.79. The van der Waals surface area contributed by atoms with E-state index in [1.54, 1.807) is 9.80 Å². The molecule has 1 aromatic heterocycles. The van der Waals surface area contributed by atoms with E-state index in [9.17, 15) is 18.0 Å². The Hall–Kier alpha value is -3.04. The van der Waals surface area contributed by atoms with Crippen LogP contribution in [0.2, 0.25) is 0 Å². The fraction of sp³-hybridized carbons (Fsp3) is 0.500. The molecule has 2 bridgehead atoms. The van der Waals surface area contributed by atoms with E-state index in [0.717, 1.165) is 43.0 Å². The summed E-state index contributed by atoms with van der Waals surface area (Å²) in [6.07, 6.45) is 2.82. The maximum atomic E-state index is 13.3. The fourth-order valence-electron chi connectivity index (χ4n) is 5.04. The van der Waals surface area contributed by atoms with E-state index >= 15 is 0 Å². The van der Waals surface area contributed by atoms with Gasteiger partial charge in [-0.25, -0.2) is 9.78 Å². The van der Waals surface area contributed by atoms with Crippen LogP contribution in [0.1, 0.15) is 25.7 Å². The second-order valence-corrected chi connectivity index (χ2v) is 8.63. The molecule has 3 aliphatic rings. The number of aromatic nitrogens is 2. The Morgan fingerprint density at radius 1 is 1.03 bits per heavy atom. The molecular formula is C22H25F3N6O. The molecule has 2 saturated heterocycles. The third-order valence-corrected chi connectivity index (χ3v) is 6.59. The predicted molar refractivity (Wildman–Crippen MR) is 116 cm³/mol. The lowest BCUT2D eigenvalue weighted by molar-refractivity contribution is -0.175. The van der Waals surface area contributed by atoms with Crippen LogP contribution >= 0.6 is 0 Å². The van der Waals surface area contributed by atoms with Crippen molar-refractivity contribution in [2.45, 2.75) is 37.9 Å². The number of carbonyl (C=O) groups excluding carboxylic acids is 1. The van der Waals surface area contributed by atoms with Crippen LogP contribution in [0, 0.1) is 5.92 Å². The molecule has 2 amide bonds. The van der Waals surface area contributed by atoms with Crippen LogP contribution in [0.3, 0.4) is 0 Å². The Morgan fingerprint density at radius 3 is 2.62 bits per heavy atom. The van der Waals surface area contributed by atoms with Gasteiger partial charge in [0, 0.05) is 44.3 Å². The molecule has 170 valence electrons. The highest BCUT2D eigenvalue weighted by atomic mass is 19.4. The summed E-state index contributed by atoms with van der Waals surface area (Å²) in [6, 6.07) is 5.38. The largest absolute Gasteiger partial charge is 0.393 e. The van der Waals surface area contributed by atoms with Gasteiger partial charge in [0.1, 0.15) is 0 Å². The number of halogens is 3. The highest BCUT2D eigenvalue weighted by molar-refractivity contribution is 6.05. The maximum absolute atomic E-state index is 13.3. The molecule has 3 aliphatic heterocycles. The van der Waals surface area contributed by atoms with Crippen molar-refractivity contribution in [2.75, 3.05) is 46.2 Å². The first-order valence-corrected chi connectivity index (χ1v) is 11.0. The van der Waals surface area contributed by atoms with Crippen molar-refractivity contribution in [1.29, 1.82) is 0 Å². The minimum absolute atomic E-state index is 0.00699. The Kier molecular flexibility index (Phi) is 5.30. The first kappa shape index (κ1) is 20.8. The number of nitrogens with one attached hydrogen (secondary N) is 1. The van der Waals surface area contributed by atoms with Gasteiger partial charge in [-0.3, -0.25) is 15.2 Å². The normalized spacial score (nSPS) is 23.0. The molecule has 0 saturated carbocycles. The van der Waals surface area contributed by atoms with Gasteiger partial charge in [-0.15, -0.1) is 0 Å². The molecule has 32 heavy (non-hydrogen) atoms. The van der Waals surface area contributed by atoms with Gasteiger partial charge in [-0.1, -0.05) is 0 Å². The van der Waals surface area contributed by atoms with Gasteiger partial charge < -0.3 is 9.80 Å². The van der Waals surface area contributed by atoms with E-state index in [4.69, 9.17) is 0 Å². The van der Waals surface area contributed by atoms with Gasteiger partial charge in [-0.05, 0) is 43.9 Å². The Morgan fingerprint density at radius 2 is 1.84 bits per heavy atom. The molecule has 2 aromatic rings. The van der Waals surface area contributed by atoms with E-state index in [1.807, 2.05) is 18.2 Å². The molecule has 0 aliphatic carbocycles. The number of hydrogen-bond acceptors (Lipinski definition) is 5. The number of nitrogens with zero attached hydrogens (tertiary/aromatic N) is 5. The highest BCUT2D eigenvalue weighted by Crippen LogP contribution is 2.43. The second kappa shape index (κ2) is 8.14. The zero-order valence-corrected chi connectivity index (χ0v) is 17.6. The third kappa shape index (κ3) is 3.93. The van der Waals surface area contributed by atoms with Crippen LogP contribution in [0.15, 0.2) is 36.8 Å². The zero-order chi connectivity index (χ0) is 22.3. The smallest absolute Gasteiger partial charge is 0.371 e. The van der Waals surface area contributed by atoms with Gasteiger partial charge >= 0.3 is 12.2 Å². The van der Waals surface area contributed by atoms with Gasteiger partial charge in [-0.2, -0.15) is 13.2 Å². The van der Waals surface area contributed by atoms with Gasteiger partial charge in [0.15, 0.2) is 5.82 Å². The number of carbonyl (C=O) groups is 1. The first-order valence-electron chi connectivity index (χ1n) is 11.0. The number of urea groups is 1. The van der Waals surface area contributed by atoms with E-state index < -0.39 is 12.1 Å². The maximum Gasteiger partial charge on any atom is 0.393 e. The summed E-state index contributed by atoms with van der Waals surface area (Å²) in [6.45, 7) is 2.16. The molecule has 0 radical (unpaired) electrons. The number of amides is 2. The Bertz CT molecular complexity index is 985. The Labute approximate surface area is 184 Å². The van der Waals surface area contributed by atoms with Crippen molar-refractivity contribution in [2.24, 2.45) is 5.92 Å². The Balaban J connectivity index is 1.47. The van der Waals surface area contributed by atoms with Crippen molar-refractivity contribution < 1.29 is 18.0 Å². The SMILES string of the molecule is O=C(Nc1cnccn1)N1c2cc(N3CCC[C@H](C(F)(F)F)C3)ccc2N2CCC[C@H]1C2. The number of rotatable bonds is 2. The van der Waals surface area contributed by atoms with Gasteiger partial charge in [0.2, 0.25) is 0 Å². The molecule has 5 rings (SSSR count). The van der Waals surface area contributed by atoms with Crippen LogP contribution in [-0.4, -0.2) is 54.4 Å². The number of fused-ring (bicyclic) bond motifs is 4. The van der Waals surface area contributed by atoms with E-state index in [1.165, 1.54) is 18.6 Å². The number of benzene rings is 1. The minimum atomic E-state index is -4.20. The van der Waals surface area contributed by atoms with Crippen LogP contribution in [0.25, 0.3) is 0 Å².